The van der Waals surface area contributed by atoms with E-state index in [9.17, 15) is 0 Å². The molecule has 0 atom stereocenters. The Morgan fingerprint density at radius 3 is 2.40 bits per heavy atom. The summed E-state index contributed by atoms with van der Waals surface area (Å²) in [5, 5.41) is 9.73. The maximum absolute atomic E-state index is 5.68. The monoisotopic (exact) mass is 338 g/mol. The van der Waals surface area contributed by atoms with E-state index in [1.807, 2.05) is 48.5 Å². The molecule has 0 radical (unpaired) electrons. The normalized spacial score (nSPS) is 9.96. The first-order valence-corrected chi connectivity index (χ1v) is 8.12. The average Bonchev–Trinajstić information content (AvgIpc) is 2.64. The van der Waals surface area contributed by atoms with Crippen molar-refractivity contribution in [1.29, 1.82) is 0 Å². The van der Waals surface area contributed by atoms with Gasteiger partial charge in [-0.25, -0.2) is 0 Å². The molecular formula is C20H26N4O. The van der Waals surface area contributed by atoms with Crippen LogP contribution in [0.4, 0.5) is 5.69 Å². The molecule has 132 valence electrons. The van der Waals surface area contributed by atoms with Crippen molar-refractivity contribution in [1.82, 2.24) is 16.0 Å². The molecule has 0 heterocycles. The Kier molecular flexibility index (Phi) is 6.77. The van der Waals surface area contributed by atoms with Crippen LogP contribution in [0.15, 0.2) is 73.2 Å². The fourth-order valence-electron chi connectivity index (χ4n) is 2.19. The summed E-state index contributed by atoms with van der Waals surface area (Å²) in [5.74, 6) is 1.60. The molecule has 2 rings (SSSR count). The van der Waals surface area contributed by atoms with E-state index in [1.165, 1.54) is 0 Å². The quantitative estimate of drug-likeness (QED) is 0.502. The van der Waals surface area contributed by atoms with Gasteiger partial charge in [0.15, 0.2) is 0 Å². The van der Waals surface area contributed by atoms with Gasteiger partial charge in [0, 0.05) is 24.5 Å². The number of nitrogens with one attached hydrogen (secondary N) is 3. The second-order valence-electron chi connectivity index (χ2n) is 5.74. The highest BCUT2D eigenvalue weighted by molar-refractivity contribution is 5.39. The van der Waals surface area contributed by atoms with Crippen molar-refractivity contribution < 1.29 is 4.74 Å². The van der Waals surface area contributed by atoms with Gasteiger partial charge in [-0.1, -0.05) is 37.4 Å². The van der Waals surface area contributed by atoms with Gasteiger partial charge in [0.1, 0.15) is 5.75 Å². The lowest BCUT2D eigenvalue weighted by molar-refractivity contribution is 0.414. The summed E-state index contributed by atoms with van der Waals surface area (Å²) in [6, 6.07) is 15.7. The third kappa shape index (κ3) is 6.51. The van der Waals surface area contributed by atoms with Gasteiger partial charge in [0.25, 0.3) is 0 Å². The zero-order chi connectivity index (χ0) is 18.1. The number of benzene rings is 2. The van der Waals surface area contributed by atoms with Gasteiger partial charge in [-0.2, -0.15) is 0 Å². The summed E-state index contributed by atoms with van der Waals surface area (Å²) in [5.41, 5.74) is 9.61. The van der Waals surface area contributed by atoms with Gasteiger partial charge in [0.05, 0.1) is 19.5 Å². The minimum Gasteiger partial charge on any atom is -0.497 e. The predicted molar refractivity (Wildman–Crippen MR) is 104 cm³/mol. The highest BCUT2D eigenvalue weighted by atomic mass is 16.5. The minimum atomic E-state index is 0.595. The van der Waals surface area contributed by atoms with E-state index in [2.05, 4.69) is 29.1 Å². The molecule has 0 aromatic heterocycles. The number of anilines is 1. The first-order valence-electron chi connectivity index (χ1n) is 8.12. The van der Waals surface area contributed by atoms with Crippen molar-refractivity contribution in [3.8, 4) is 5.75 Å². The summed E-state index contributed by atoms with van der Waals surface area (Å²) < 4.78 is 5.22. The predicted octanol–water partition coefficient (Wildman–Crippen LogP) is 2.73. The number of hydrogen-bond donors (Lipinski definition) is 4. The van der Waals surface area contributed by atoms with Crippen molar-refractivity contribution in [3.05, 3.63) is 84.3 Å². The van der Waals surface area contributed by atoms with Crippen LogP contribution in [0, 0.1) is 0 Å². The summed E-state index contributed by atoms with van der Waals surface area (Å²) in [6.07, 6.45) is 0. The molecule has 5 heteroatoms. The van der Waals surface area contributed by atoms with E-state index in [0.29, 0.717) is 19.6 Å². The minimum absolute atomic E-state index is 0.595. The van der Waals surface area contributed by atoms with Gasteiger partial charge < -0.3 is 26.4 Å². The van der Waals surface area contributed by atoms with Crippen LogP contribution < -0.4 is 26.4 Å². The maximum atomic E-state index is 5.68. The first kappa shape index (κ1) is 18.3. The number of nitrogens with two attached hydrogens (primary N) is 1. The van der Waals surface area contributed by atoms with Crippen LogP contribution in [0.25, 0.3) is 0 Å². The van der Waals surface area contributed by atoms with Crippen LogP contribution in [0.1, 0.15) is 11.1 Å². The Balaban J connectivity index is 1.66. The molecule has 0 saturated carbocycles. The molecule has 25 heavy (non-hydrogen) atoms. The molecule has 2 aromatic carbocycles. The van der Waals surface area contributed by atoms with E-state index in [1.54, 1.807) is 7.11 Å². The summed E-state index contributed by atoms with van der Waals surface area (Å²) in [6.45, 7) is 9.98. The molecule has 0 bridgehead atoms. The number of methoxy groups -OCH3 is 1. The molecule has 0 fully saturated rings. The first-order chi connectivity index (χ1) is 12.1. The van der Waals surface area contributed by atoms with Crippen LogP contribution in [-0.2, 0) is 13.1 Å². The lowest BCUT2D eigenvalue weighted by Crippen LogP contribution is -2.29. The molecule has 0 aliphatic heterocycles. The highest BCUT2D eigenvalue weighted by Gasteiger charge is 1.99. The summed E-state index contributed by atoms with van der Waals surface area (Å²) >= 11 is 0. The Labute approximate surface area is 149 Å². The van der Waals surface area contributed by atoms with Crippen molar-refractivity contribution in [3.63, 3.8) is 0 Å². The molecular weight excluding hydrogens is 312 g/mol. The Morgan fingerprint density at radius 1 is 0.960 bits per heavy atom. The van der Waals surface area contributed by atoms with Crippen molar-refractivity contribution in [2.75, 3.05) is 19.4 Å². The third-order valence-corrected chi connectivity index (χ3v) is 3.68. The number of rotatable bonds is 10. The molecule has 5 nitrogen and oxygen atoms in total. The average molecular weight is 338 g/mol. The summed E-state index contributed by atoms with van der Waals surface area (Å²) in [4.78, 5) is 0. The number of ether oxygens (including phenoxy) is 1. The topological polar surface area (TPSA) is 71.3 Å². The van der Waals surface area contributed by atoms with Gasteiger partial charge >= 0.3 is 0 Å². The molecule has 0 saturated heterocycles. The Hall–Kier alpha value is -3.08. The van der Waals surface area contributed by atoms with Gasteiger partial charge in [-0.3, -0.25) is 0 Å². The lowest BCUT2D eigenvalue weighted by atomic mass is 10.2. The fraction of sp³-hybridized carbons (Fsp3) is 0.200. The highest BCUT2D eigenvalue weighted by Crippen LogP contribution is 2.12. The van der Waals surface area contributed by atoms with Crippen molar-refractivity contribution >= 4 is 5.69 Å². The molecule has 0 spiro atoms. The van der Waals surface area contributed by atoms with E-state index in [0.717, 1.165) is 34.1 Å². The van der Waals surface area contributed by atoms with Crippen LogP contribution in [0.3, 0.4) is 0 Å². The molecule has 5 N–H and O–H groups in total. The largest absolute Gasteiger partial charge is 0.497 e. The van der Waals surface area contributed by atoms with Crippen LogP contribution >= 0.6 is 0 Å². The molecule has 2 aromatic rings. The zero-order valence-corrected chi connectivity index (χ0v) is 14.6. The molecule has 0 amide bonds. The number of nitrogen functional groups attached to an aromatic ring is 1. The van der Waals surface area contributed by atoms with Crippen molar-refractivity contribution in [2.45, 2.75) is 13.1 Å². The lowest BCUT2D eigenvalue weighted by Gasteiger charge is -2.15. The summed E-state index contributed by atoms with van der Waals surface area (Å²) in [7, 11) is 1.67. The maximum Gasteiger partial charge on any atom is 0.119 e. The molecule has 0 aliphatic rings. The fourth-order valence-corrected chi connectivity index (χ4v) is 2.19. The standard InChI is InChI=1S/C20H26N4O/c1-15(22-14-18-5-4-6-20(11-18)25-3)12-23-16(2)24-13-17-7-9-19(21)10-8-17/h4-11,22-24H,1-2,12-14,21H2,3H3. The van der Waals surface area contributed by atoms with E-state index >= 15 is 0 Å². The van der Waals surface area contributed by atoms with E-state index in [4.69, 9.17) is 10.5 Å². The second-order valence-corrected chi connectivity index (χ2v) is 5.74. The second kappa shape index (κ2) is 9.27. The Morgan fingerprint density at radius 2 is 1.68 bits per heavy atom. The van der Waals surface area contributed by atoms with Crippen LogP contribution in [-0.4, -0.2) is 13.7 Å². The SMILES string of the molecule is C=C(CNC(=C)NCc1ccc(N)cc1)NCc1cccc(OC)c1. The van der Waals surface area contributed by atoms with E-state index < -0.39 is 0 Å². The van der Waals surface area contributed by atoms with Crippen LogP contribution in [0.5, 0.6) is 5.75 Å². The molecule has 0 aliphatic carbocycles. The van der Waals surface area contributed by atoms with E-state index in [-0.39, 0.29) is 0 Å². The number of hydrogen-bond acceptors (Lipinski definition) is 5. The van der Waals surface area contributed by atoms with Gasteiger partial charge in [0.2, 0.25) is 0 Å². The van der Waals surface area contributed by atoms with Crippen molar-refractivity contribution in [2.24, 2.45) is 0 Å². The van der Waals surface area contributed by atoms with Gasteiger partial charge in [-0.15, -0.1) is 0 Å². The third-order valence-electron chi connectivity index (χ3n) is 3.68. The molecule has 0 unspecified atom stereocenters. The van der Waals surface area contributed by atoms with Crippen LogP contribution in [0.2, 0.25) is 0 Å². The Bertz CT molecular complexity index is 710. The smallest absolute Gasteiger partial charge is 0.119 e. The van der Waals surface area contributed by atoms with Gasteiger partial charge in [-0.05, 0) is 35.4 Å². The zero-order valence-electron chi connectivity index (χ0n) is 14.6.